The van der Waals surface area contributed by atoms with Crippen molar-refractivity contribution in [1.82, 2.24) is 0 Å². The average molecular weight is 533 g/mol. The van der Waals surface area contributed by atoms with Gasteiger partial charge in [0.05, 0.1) is 22.7 Å². The molecule has 4 aromatic rings. The van der Waals surface area contributed by atoms with E-state index in [0.29, 0.717) is 46.7 Å². The van der Waals surface area contributed by atoms with Gasteiger partial charge in [-0.05, 0) is 110 Å². The Morgan fingerprint density at radius 3 is 1.45 bits per heavy atom. The zero-order valence-electron chi connectivity index (χ0n) is 23.5. The van der Waals surface area contributed by atoms with Gasteiger partial charge in [0.1, 0.15) is 11.5 Å². The maximum absolute atomic E-state index is 10.9. The molecule has 0 amide bonds. The molecule has 0 radical (unpaired) electrons. The quantitative estimate of drug-likeness (QED) is 0.108. The Morgan fingerprint density at radius 2 is 1.05 bits per heavy atom. The molecular weight excluding hydrogens is 496 g/mol. The molecule has 6 nitrogen and oxygen atoms in total. The van der Waals surface area contributed by atoms with Crippen LogP contribution in [0.4, 0.5) is 22.7 Å². The molecule has 0 fully saturated rings. The van der Waals surface area contributed by atoms with Crippen LogP contribution < -0.4 is 11.5 Å². The standard InChI is InChI=1S/C34H36N4O2/c1-20(12-25-8-6-10-27(33(25)39)18-37-31-16-23(4)21(2)14-29(31)35)13-26-9-7-11-28(34(26)40)19-38-32-17-24(5)22(3)15-30(32)36/h6-11,14-19,39-40H,1,12-13,35-36H2,2-5H3. The number of aliphatic imine (C=N–C) groups is 2. The first-order valence-corrected chi connectivity index (χ1v) is 13.1. The van der Waals surface area contributed by atoms with E-state index in [1.807, 2.05) is 76.2 Å². The van der Waals surface area contributed by atoms with Crippen molar-refractivity contribution in [1.29, 1.82) is 0 Å². The van der Waals surface area contributed by atoms with Crippen LogP contribution in [-0.2, 0) is 12.8 Å². The van der Waals surface area contributed by atoms with E-state index in [1.54, 1.807) is 24.6 Å². The minimum Gasteiger partial charge on any atom is -0.507 e. The van der Waals surface area contributed by atoms with E-state index in [4.69, 9.17) is 11.5 Å². The first kappa shape index (κ1) is 28.2. The van der Waals surface area contributed by atoms with Gasteiger partial charge in [0.2, 0.25) is 0 Å². The van der Waals surface area contributed by atoms with Crippen molar-refractivity contribution in [3.05, 3.63) is 117 Å². The fraction of sp³-hybridized carbons (Fsp3) is 0.176. The second-order valence-corrected chi connectivity index (χ2v) is 10.3. The van der Waals surface area contributed by atoms with Gasteiger partial charge < -0.3 is 21.7 Å². The van der Waals surface area contributed by atoms with Gasteiger partial charge in [-0.1, -0.05) is 36.4 Å². The Kier molecular flexibility index (Phi) is 8.39. The maximum atomic E-state index is 10.9. The molecule has 0 aliphatic carbocycles. The predicted octanol–water partition coefficient (Wildman–Crippen LogP) is 7.34. The normalized spacial score (nSPS) is 11.5. The van der Waals surface area contributed by atoms with Crippen molar-refractivity contribution in [2.24, 2.45) is 9.98 Å². The average Bonchev–Trinajstić information content (AvgIpc) is 2.90. The third-order valence-corrected chi connectivity index (χ3v) is 7.15. The van der Waals surface area contributed by atoms with Crippen LogP contribution in [0.1, 0.15) is 44.5 Å². The number of nitrogen functional groups attached to an aromatic ring is 2. The number of allylic oxidation sites excluding steroid dienone is 1. The van der Waals surface area contributed by atoms with E-state index >= 15 is 0 Å². The third kappa shape index (κ3) is 6.41. The highest BCUT2D eigenvalue weighted by molar-refractivity contribution is 5.88. The van der Waals surface area contributed by atoms with Crippen LogP contribution in [0.15, 0.2) is 82.8 Å². The Morgan fingerprint density at radius 1 is 0.675 bits per heavy atom. The molecular formula is C34H36N4O2. The molecule has 4 aromatic carbocycles. The molecule has 0 heterocycles. The molecule has 204 valence electrons. The summed E-state index contributed by atoms with van der Waals surface area (Å²) < 4.78 is 0. The lowest BCUT2D eigenvalue weighted by Crippen LogP contribution is -1.98. The van der Waals surface area contributed by atoms with Crippen LogP contribution in [0, 0.1) is 27.7 Å². The number of hydrogen-bond acceptors (Lipinski definition) is 6. The first-order valence-electron chi connectivity index (χ1n) is 13.1. The van der Waals surface area contributed by atoms with E-state index in [9.17, 15) is 10.2 Å². The smallest absolute Gasteiger partial charge is 0.127 e. The highest BCUT2D eigenvalue weighted by Crippen LogP contribution is 2.31. The van der Waals surface area contributed by atoms with Crippen LogP contribution in [-0.4, -0.2) is 22.6 Å². The van der Waals surface area contributed by atoms with Crippen molar-refractivity contribution in [2.45, 2.75) is 40.5 Å². The molecule has 0 aliphatic rings. The minimum atomic E-state index is 0.144. The molecule has 4 rings (SSSR count). The van der Waals surface area contributed by atoms with Gasteiger partial charge >= 0.3 is 0 Å². The summed E-state index contributed by atoms with van der Waals surface area (Å²) in [6.07, 6.45) is 4.13. The Balaban J connectivity index is 1.49. The van der Waals surface area contributed by atoms with Gasteiger partial charge in [-0.15, -0.1) is 0 Å². The summed E-state index contributed by atoms with van der Waals surface area (Å²) in [5, 5.41) is 21.9. The van der Waals surface area contributed by atoms with E-state index < -0.39 is 0 Å². The zero-order valence-corrected chi connectivity index (χ0v) is 23.5. The fourth-order valence-electron chi connectivity index (χ4n) is 4.47. The first-order chi connectivity index (χ1) is 19.0. The second-order valence-electron chi connectivity index (χ2n) is 10.3. The van der Waals surface area contributed by atoms with Gasteiger partial charge in [-0.3, -0.25) is 9.98 Å². The summed E-state index contributed by atoms with van der Waals surface area (Å²) >= 11 is 0. The van der Waals surface area contributed by atoms with E-state index in [1.165, 1.54) is 0 Å². The van der Waals surface area contributed by atoms with Crippen molar-refractivity contribution in [3.63, 3.8) is 0 Å². The zero-order chi connectivity index (χ0) is 29.0. The number of aromatic hydroxyl groups is 2. The molecule has 0 atom stereocenters. The Labute approximate surface area is 236 Å². The van der Waals surface area contributed by atoms with Crippen LogP contribution in [0.5, 0.6) is 11.5 Å². The van der Waals surface area contributed by atoms with E-state index in [2.05, 4.69) is 16.6 Å². The summed E-state index contributed by atoms with van der Waals surface area (Å²) in [7, 11) is 0. The lowest BCUT2D eigenvalue weighted by Gasteiger charge is -2.12. The number of benzene rings is 4. The van der Waals surface area contributed by atoms with Crippen LogP contribution in [0.3, 0.4) is 0 Å². The topological polar surface area (TPSA) is 117 Å². The molecule has 0 bridgehead atoms. The summed E-state index contributed by atoms with van der Waals surface area (Å²) in [5.41, 5.74) is 22.7. The van der Waals surface area contributed by atoms with E-state index in [0.717, 1.165) is 39.0 Å². The molecule has 0 aromatic heterocycles. The molecule has 6 N–H and O–H groups in total. The van der Waals surface area contributed by atoms with Crippen molar-refractivity contribution in [2.75, 3.05) is 11.5 Å². The second kappa shape index (κ2) is 11.9. The number of aryl methyl sites for hydroxylation is 4. The maximum Gasteiger partial charge on any atom is 0.127 e. The van der Waals surface area contributed by atoms with Gasteiger partial charge in [-0.25, -0.2) is 0 Å². The van der Waals surface area contributed by atoms with Gasteiger partial charge in [0.15, 0.2) is 0 Å². The highest BCUT2D eigenvalue weighted by Gasteiger charge is 2.12. The number of nitrogens with two attached hydrogens (primary N) is 2. The monoisotopic (exact) mass is 532 g/mol. The highest BCUT2D eigenvalue weighted by atomic mass is 16.3. The van der Waals surface area contributed by atoms with Gasteiger partial charge in [-0.2, -0.15) is 0 Å². The summed E-state index contributed by atoms with van der Waals surface area (Å²) in [6.45, 7) is 12.3. The van der Waals surface area contributed by atoms with Gasteiger partial charge in [0, 0.05) is 23.6 Å². The summed E-state index contributed by atoms with van der Waals surface area (Å²) in [6, 6.07) is 18.8. The Hall–Kier alpha value is -4.84. The molecule has 0 saturated heterocycles. The third-order valence-electron chi connectivity index (χ3n) is 7.15. The van der Waals surface area contributed by atoms with Crippen LogP contribution in [0.2, 0.25) is 0 Å². The van der Waals surface area contributed by atoms with Crippen molar-refractivity contribution in [3.8, 4) is 11.5 Å². The number of para-hydroxylation sites is 2. The van der Waals surface area contributed by atoms with E-state index in [-0.39, 0.29) is 11.5 Å². The van der Waals surface area contributed by atoms with Crippen molar-refractivity contribution < 1.29 is 10.2 Å². The number of hydrogen-bond donors (Lipinski definition) is 4. The van der Waals surface area contributed by atoms with Crippen LogP contribution >= 0.6 is 0 Å². The predicted molar refractivity (Wildman–Crippen MR) is 168 cm³/mol. The molecule has 0 unspecified atom stereocenters. The van der Waals surface area contributed by atoms with Crippen molar-refractivity contribution >= 4 is 35.2 Å². The lowest BCUT2D eigenvalue weighted by atomic mass is 9.96. The number of nitrogens with zero attached hydrogens (tertiary/aromatic N) is 2. The molecule has 0 spiro atoms. The lowest BCUT2D eigenvalue weighted by molar-refractivity contribution is 0.467. The molecule has 0 saturated carbocycles. The number of rotatable bonds is 8. The molecule has 40 heavy (non-hydrogen) atoms. The summed E-state index contributed by atoms with van der Waals surface area (Å²) in [4.78, 5) is 9.03. The molecule has 6 heteroatoms. The number of phenolic OH excluding ortho intramolecular Hbond substituents is 2. The van der Waals surface area contributed by atoms with Gasteiger partial charge in [0.25, 0.3) is 0 Å². The fourth-order valence-corrected chi connectivity index (χ4v) is 4.47. The molecule has 0 aliphatic heterocycles. The SMILES string of the molecule is C=C(Cc1cccc(C=Nc2cc(C)c(C)cc2N)c1O)Cc1cccc(C=Nc2cc(C)c(C)cc2N)c1O. The Bertz CT molecular complexity index is 1530. The summed E-state index contributed by atoms with van der Waals surface area (Å²) in [5.74, 6) is 0.289. The van der Waals surface area contributed by atoms with Crippen LogP contribution in [0.25, 0.3) is 0 Å². The number of phenols is 2. The largest absolute Gasteiger partial charge is 0.507 e. The number of anilines is 2. The minimum absolute atomic E-state index is 0.144.